The Morgan fingerprint density at radius 2 is 2.00 bits per heavy atom. The molecule has 0 aliphatic carbocycles. The maximum absolute atomic E-state index is 11.3. The molecular formula is C14H19N3O4. The summed E-state index contributed by atoms with van der Waals surface area (Å²) in [5, 5.41) is 22.0. The van der Waals surface area contributed by atoms with Crippen molar-refractivity contribution in [3.05, 3.63) is 33.9 Å². The normalized spacial score (nSPS) is 21.8. The minimum atomic E-state index is -1.39. The molecule has 1 N–H and O–H groups in total. The lowest BCUT2D eigenvalue weighted by Crippen LogP contribution is -3.10. The van der Waals surface area contributed by atoms with Gasteiger partial charge in [0.1, 0.15) is 0 Å². The number of rotatable bonds is 4. The predicted molar refractivity (Wildman–Crippen MR) is 75.5 cm³/mol. The average molecular weight is 293 g/mol. The molecule has 0 aromatic heterocycles. The standard InChI is InChI=1S/C14H19N3O4/c1-15-7-5-10(6-8-15)16(2)13-4-3-11(17(20)21)9-12(13)14(18)19/h3-4,9-10H,5-8H2,1-2H3,(H,18,19). The summed E-state index contributed by atoms with van der Waals surface area (Å²) in [5.41, 5.74) is 0.113. The molecule has 0 amide bonds. The smallest absolute Gasteiger partial charge is 0.270 e. The zero-order chi connectivity index (χ0) is 15.6. The predicted octanol–water partition coefficient (Wildman–Crippen LogP) is -0.928. The van der Waals surface area contributed by atoms with E-state index < -0.39 is 10.9 Å². The van der Waals surface area contributed by atoms with Crippen molar-refractivity contribution in [1.29, 1.82) is 0 Å². The Bertz CT molecular complexity index is 553. The second kappa shape index (κ2) is 6.09. The zero-order valence-electron chi connectivity index (χ0n) is 12.2. The van der Waals surface area contributed by atoms with Gasteiger partial charge >= 0.3 is 0 Å². The average Bonchev–Trinajstić information content (AvgIpc) is 2.46. The Balaban J connectivity index is 2.29. The lowest BCUT2D eigenvalue weighted by atomic mass is 10.0. The number of nitrogens with one attached hydrogen (secondary N) is 1. The van der Waals surface area contributed by atoms with Gasteiger partial charge in [-0.25, -0.2) is 0 Å². The molecule has 0 unspecified atom stereocenters. The van der Waals surface area contributed by atoms with Crippen molar-refractivity contribution in [1.82, 2.24) is 0 Å². The molecule has 1 fully saturated rings. The Kier molecular flexibility index (Phi) is 4.42. The number of carboxylic acid groups (broad SMARTS) is 1. The van der Waals surface area contributed by atoms with Gasteiger partial charge in [0, 0.05) is 49.3 Å². The molecule has 1 aliphatic rings. The van der Waals surface area contributed by atoms with E-state index in [0.717, 1.165) is 32.0 Å². The van der Waals surface area contributed by atoms with E-state index in [1.807, 2.05) is 11.9 Å². The summed E-state index contributed by atoms with van der Waals surface area (Å²) >= 11 is 0. The highest BCUT2D eigenvalue weighted by atomic mass is 16.6. The highest BCUT2D eigenvalue weighted by Crippen LogP contribution is 2.27. The second-order valence-electron chi connectivity index (χ2n) is 5.55. The lowest BCUT2D eigenvalue weighted by molar-refractivity contribution is -0.884. The monoisotopic (exact) mass is 293 g/mol. The van der Waals surface area contributed by atoms with Crippen LogP contribution in [0.2, 0.25) is 0 Å². The molecule has 0 radical (unpaired) electrons. The van der Waals surface area contributed by atoms with Crippen LogP contribution in [0, 0.1) is 10.1 Å². The summed E-state index contributed by atoms with van der Waals surface area (Å²) in [6.45, 7) is 2.06. The van der Waals surface area contributed by atoms with E-state index >= 15 is 0 Å². The van der Waals surface area contributed by atoms with Crippen LogP contribution in [0.4, 0.5) is 11.4 Å². The molecule has 7 nitrogen and oxygen atoms in total. The van der Waals surface area contributed by atoms with Gasteiger partial charge in [0.15, 0.2) is 0 Å². The number of carbonyl (C=O) groups is 1. The van der Waals surface area contributed by atoms with E-state index in [9.17, 15) is 20.0 Å². The summed E-state index contributed by atoms with van der Waals surface area (Å²) in [6.07, 6.45) is 1.93. The highest BCUT2D eigenvalue weighted by molar-refractivity contribution is 5.94. The maximum Gasteiger partial charge on any atom is 0.270 e. The number of nitrogens with zero attached hydrogens (tertiary/aromatic N) is 2. The van der Waals surface area contributed by atoms with E-state index in [1.54, 1.807) is 0 Å². The van der Waals surface area contributed by atoms with Crippen LogP contribution in [-0.2, 0) is 0 Å². The third kappa shape index (κ3) is 3.30. The van der Waals surface area contributed by atoms with Crippen LogP contribution in [0.3, 0.4) is 0 Å². The number of benzene rings is 1. The van der Waals surface area contributed by atoms with E-state index in [1.165, 1.54) is 17.0 Å². The van der Waals surface area contributed by atoms with Crippen molar-refractivity contribution in [3.63, 3.8) is 0 Å². The number of carbonyl (C=O) groups excluding carboxylic acids is 1. The fourth-order valence-electron chi connectivity index (χ4n) is 2.79. The third-order valence-corrected chi connectivity index (χ3v) is 4.15. The summed E-state index contributed by atoms with van der Waals surface area (Å²) in [4.78, 5) is 24.8. The Morgan fingerprint density at radius 1 is 1.38 bits per heavy atom. The summed E-state index contributed by atoms with van der Waals surface area (Å²) in [6, 6.07) is 4.14. The fraction of sp³-hybridized carbons (Fsp3) is 0.500. The number of piperidine rings is 1. The van der Waals surface area contributed by atoms with Crippen LogP contribution >= 0.6 is 0 Å². The number of hydrogen-bond acceptors (Lipinski definition) is 5. The van der Waals surface area contributed by atoms with Crippen molar-refractivity contribution in [2.45, 2.75) is 18.9 Å². The SMILES string of the molecule is CN(c1ccc([N+](=O)[O-])cc1C(=O)[O-])C1CC[NH+](C)CC1. The molecule has 0 spiro atoms. The minimum absolute atomic E-state index is 0.127. The van der Waals surface area contributed by atoms with E-state index in [-0.39, 0.29) is 17.3 Å². The lowest BCUT2D eigenvalue weighted by Gasteiger charge is -2.35. The Morgan fingerprint density at radius 3 is 2.52 bits per heavy atom. The molecular weight excluding hydrogens is 274 g/mol. The molecule has 2 rings (SSSR count). The number of likely N-dealkylation sites (tertiary alicyclic amines) is 1. The number of nitro benzene ring substituents is 1. The molecule has 1 aromatic carbocycles. The summed E-state index contributed by atoms with van der Waals surface area (Å²) < 4.78 is 0. The van der Waals surface area contributed by atoms with Gasteiger partial charge in [0.2, 0.25) is 0 Å². The van der Waals surface area contributed by atoms with Crippen molar-refractivity contribution >= 4 is 17.3 Å². The van der Waals surface area contributed by atoms with Crippen molar-refractivity contribution < 1.29 is 19.7 Å². The van der Waals surface area contributed by atoms with Gasteiger partial charge in [-0.2, -0.15) is 0 Å². The van der Waals surface area contributed by atoms with Crippen LogP contribution in [0.25, 0.3) is 0 Å². The first-order valence-electron chi connectivity index (χ1n) is 6.94. The third-order valence-electron chi connectivity index (χ3n) is 4.15. The van der Waals surface area contributed by atoms with Gasteiger partial charge in [-0.15, -0.1) is 0 Å². The zero-order valence-corrected chi connectivity index (χ0v) is 12.2. The first kappa shape index (κ1) is 15.2. The molecule has 1 aliphatic heterocycles. The topological polar surface area (TPSA) is 90.9 Å². The molecule has 114 valence electrons. The van der Waals surface area contributed by atoms with Gasteiger partial charge < -0.3 is 19.7 Å². The first-order chi connectivity index (χ1) is 9.90. The number of anilines is 1. The number of carboxylic acids is 1. The van der Waals surface area contributed by atoms with Gasteiger partial charge in [-0.05, 0) is 6.07 Å². The second-order valence-corrected chi connectivity index (χ2v) is 5.55. The summed E-state index contributed by atoms with van der Waals surface area (Å²) in [5.74, 6) is -1.39. The highest BCUT2D eigenvalue weighted by Gasteiger charge is 2.25. The van der Waals surface area contributed by atoms with Crippen LogP contribution in [0.15, 0.2) is 18.2 Å². The molecule has 0 bridgehead atoms. The fourth-order valence-corrected chi connectivity index (χ4v) is 2.79. The van der Waals surface area contributed by atoms with E-state index in [4.69, 9.17) is 0 Å². The number of nitro groups is 1. The van der Waals surface area contributed by atoms with Crippen molar-refractivity contribution in [2.75, 3.05) is 32.1 Å². The Labute approximate surface area is 122 Å². The summed E-state index contributed by atoms with van der Waals surface area (Å²) in [7, 11) is 3.97. The van der Waals surface area contributed by atoms with Crippen LogP contribution < -0.4 is 14.9 Å². The van der Waals surface area contributed by atoms with Crippen molar-refractivity contribution in [3.8, 4) is 0 Å². The number of non-ortho nitro benzene ring substituents is 1. The van der Waals surface area contributed by atoms with Gasteiger partial charge in [-0.3, -0.25) is 10.1 Å². The van der Waals surface area contributed by atoms with Gasteiger partial charge in [0.25, 0.3) is 5.69 Å². The number of quaternary nitrogens is 1. The van der Waals surface area contributed by atoms with E-state index in [0.29, 0.717) is 5.69 Å². The largest absolute Gasteiger partial charge is 0.545 e. The van der Waals surface area contributed by atoms with Gasteiger partial charge in [-0.1, -0.05) is 0 Å². The van der Waals surface area contributed by atoms with Crippen molar-refractivity contribution in [2.24, 2.45) is 0 Å². The molecule has 0 atom stereocenters. The van der Waals surface area contributed by atoms with Gasteiger partial charge in [0.05, 0.1) is 31.0 Å². The van der Waals surface area contributed by atoms with E-state index in [2.05, 4.69) is 7.05 Å². The molecule has 21 heavy (non-hydrogen) atoms. The number of aromatic carboxylic acids is 1. The first-order valence-corrected chi connectivity index (χ1v) is 6.94. The molecule has 1 heterocycles. The van der Waals surface area contributed by atoms with Crippen LogP contribution in [0.5, 0.6) is 0 Å². The van der Waals surface area contributed by atoms with Crippen LogP contribution in [-0.4, -0.2) is 44.1 Å². The minimum Gasteiger partial charge on any atom is -0.545 e. The Hall–Kier alpha value is -2.15. The molecule has 0 saturated carbocycles. The quantitative estimate of drug-likeness (QED) is 0.572. The number of hydrogen-bond donors (Lipinski definition) is 1. The molecule has 1 aromatic rings. The molecule has 1 saturated heterocycles. The maximum atomic E-state index is 11.3. The molecule has 7 heteroatoms. The van der Waals surface area contributed by atoms with Crippen LogP contribution in [0.1, 0.15) is 23.2 Å².